The van der Waals surface area contributed by atoms with Gasteiger partial charge in [-0.1, -0.05) is 18.2 Å². The van der Waals surface area contributed by atoms with Crippen molar-refractivity contribution in [3.8, 4) is 0 Å². The van der Waals surface area contributed by atoms with Crippen LogP contribution >= 0.6 is 0 Å². The zero-order valence-electron chi connectivity index (χ0n) is 16.8. The van der Waals surface area contributed by atoms with Crippen LogP contribution in [0.1, 0.15) is 27.0 Å². The van der Waals surface area contributed by atoms with Crippen LogP contribution in [-0.2, 0) is 19.4 Å². The predicted molar refractivity (Wildman–Crippen MR) is 112 cm³/mol. The number of nitrogens with two attached hydrogens (primary N) is 1. The Labute approximate surface area is 169 Å². The van der Waals surface area contributed by atoms with E-state index in [2.05, 4.69) is 4.98 Å². The number of benzene rings is 1. The van der Waals surface area contributed by atoms with Gasteiger partial charge >= 0.3 is 6.03 Å². The predicted octanol–water partition coefficient (Wildman–Crippen LogP) is 2.27. The molecule has 7 nitrogen and oxygen atoms in total. The van der Waals surface area contributed by atoms with Gasteiger partial charge in [0.1, 0.15) is 0 Å². The van der Waals surface area contributed by atoms with Gasteiger partial charge in [-0.05, 0) is 42.1 Å². The maximum Gasteiger partial charge on any atom is 0.319 e. The van der Waals surface area contributed by atoms with Gasteiger partial charge in [0, 0.05) is 51.2 Å². The average molecular weight is 391 g/mol. The summed E-state index contributed by atoms with van der Waals surface area (Å²) in [7, 11) is 3.48. The van der Waals surface area contributed by atoms with Crippen molar-refractivity contribution in [2.45, 2.75) is 19.4 Å². The molecule has 1 aliphatic heterocycles. The fraction of sp³-hybridized carbons (Fsp3) is 0.318. The first-order valence-corrected chi connectivity index (χ1v) is 9.77. The van der Waals surface area contributed by atoms with Crippen LogP contribution in [-0.4, -0.2) is 58.5 Å². The molecule has 3 heterocycles. The minimum absolute atomic E-state index is 0.0322. The van der Waals surface area contributed by atoms with Gasteiger partial charge in [-0.3, -0.25) is 14.3 Å². The van der Waals surface area contributed by atoms with E-state index >= 15 is 0 Å². The molecule has 1 aliphatic rings. The Kier molecular flexibility index (Phi) is 5.07. The molecule has 2 N–H and O–H groups in total. The van der Waals surface area contributed by atoms with Gasteiger partial charge in [-0.2, -0.15) is 0 Å². The van der Waals surface area contributed by atoms with Crippen LogP contribution in [0.15, 0.2) is 42.9 Å². The van der Waals surface area contributed by atoms with Crippen LogP contribution < -0.4 is 5.73 Å². The van der Waals surface area contributed by atoms with E-state index in [0.717, 1.165) is 27.6 Å². The molecule has 4 rings (SSSR count). The smallest absolute Gasteiger partial charge is 0.319 e. The molecule has 0 saturated heterocycles. The molecule has 0 fully saturated rings. The Bertz CT molecular complexity index is 1090. The van der Waals surface area contributed by atoms with E-state index in [-0.39, 0.29) is 11.9 Å². The molecule has 7 heteroatoms. The Morgan fingerprint density at radius 3 is 2.76 bits per heavy atom. The number of nitrogens with zero attached hydrogens (tertiary/aromatic N) is 4. The molecule has 0 unspecified atom stereocenters. The van der Waals surface area contributed by atoms with Gasteiger partial charge in [0.25, 0.3) is 5.91 Å². The number of pyridine rings is 1. The number of carbonyl (C=O) groups is 2. The zero-order chi connectivity index (χ0) is 20.5. The molecule has 0 aliphatic carbocycles. The van der Waals surface area contributed by atoms with E-state index in [0.29, 0.717) is 38.0 Å². The summed E-state index contributed by atoms with van der Waals surface area (Å²) < 4.78 is 1.70. The van der Waals surface area contributed by atoms with Crippen molar-refractivity contribution < 1.29 is 9.59 Å². The van der Waals surface area contributed by atoms with Crippen LogP contribution in [0.2, 0.25) is 0 Å². The van der Waals surface area contributed by atoms with E-state index in [9.17, 15) is 9.59 Å². The minimum Gasteiger partial charge on any atom is -0.331 e. The number of carbonyl (C=O) groups excluding carboxylic acids is 2. The first kappa shape index (κ1) is 19.1. The molecule has 0 bridgehead atoms. The van der Waals surface area contributed by atoms with E-state index in [4.69, 9.17) is 5.73 Å². The first-order valence-electron chi connectivity index (χ1n) is 9.77. The molecule has 2 amide bonds. The van der Waals surface area contributed by atoms with Gasteiger partial charge in [0.15, 0.2) is 0 Å². The van der Waals surface area contributed by atoms with Gasteiger partial charge in [0.05, 0.1) is 11.1 Å². The Morgan fingerprint density at radius 1 is 1.21 bits per heavy atom. The molecule has 1 aromatic carbocycles. The summed E-state index contributed by atoms with van der Waals surface area (Å²) in [6, 6.07) is 7.85. The second-order valence-corrected chi connectivity index (χ2v) is 7.56. The highest BCUT2D eigenvalue weighted by molar-refractivity contribution is 6.04. The number of hydrogen-bond acceptors (Lipinski definition) is 4. The highest BCUT2D eigenvalue weighted by atomic mass is 16.2. The number of amides is 2. The van der Waals surface area contributed by atoms with Crippen molar-refractivity contribution in [1.29, 1.82) is 0 Å². The van der Waals surface area contributed by atoms with E-state index in [1.807, 2.05) is 30.5 Å². The number of urea groups is 1. The van der Waals surface area contributed by atoms with Crippen molar-refractivity contribution in [1.82, 2.24) is 19.4 Å². The second-order valence-electron chi connectivity index (χ2n) is 7.56. The van der Waals surface area contributed by atoms with E-state index in [1.165, 1.54) is 0 Å². The lowest BCUT2D eigenvalue weighted by Gasteiger charge is -2.31. The lowest BCUT2D eigenvalue weighted by atomic mass is 9.96. The van der Waals surface area contributed by atoms with Crippen LogP contribution in [0.4, 0.5) is 4.79 Å². The van der Waals surface area contributed by atoms with Gasteiger partial charge < -0.3 is 15.5 Å². The maximum absolute atomic E-state index is 13.5. The normalized spacial score (nSPS) is 13.4. The largest absolute Gasteiger partial charge is 0.331 e. The summed E-state index contributed by atoms with van der Waals surface area (Å²) in [5.74, 6) is -0.0961. The monoisotopic (exact) mass is 391 g/mol. The molecule has 2 aromatic heterocycles. The number of aromatic nitrogens is 2. The summed E-state index contributed by atoms with van der Waals surface area (Å²) in [5.41, 5.74) is 10.2. The Hall–Kier alpha value is -3.19. The van der Waals surface area contributed by atoms with Gasteiger partial charge in [0.2, 0.25) is 0 Å². The molecule has 29 heavy (non-hydrogen) atoms. The summed E-state index contributed by atoms with van der Waals surface area (Å²) in [6.07, 6.45) is 6.64. The van der Waals surface area contributed by atoms with Crippen molar-refractivity contribution in [3.63, 3.8) is 0 Å². The number of rotatable bonds is 3. The molecule has 0 atom stereocenters. The summed E-state index contributed by atoms with van der Waals surface area (Å²) in [4.78, 5) is 33.4. The van der Waals surface area contributed by atoms with Gasteiger partial charge in [-0.15, -0.1) is 0 Å². The van der Waals surface area contributed by atoms with Crippen molar-refractivity contribution in [2.75, 3.05) is 27.2 Å². The SMILES string of the molecule is CN(C)C(=O)N1CCc2c(cncc2C(=O)n2cc(CCN)c3ccccc32)C1. The fourth-order valence-electron chi connectivity index (χ4n) is 4.03. The highest BCUT2D eigenvalue weighted by Gasteiger charge is 2.26. The summed E-state index contributed by atoms with van der Waals surface area (Å²) in [6.45, 7) is 1.57. The lowest BCUT2D eigenvalue weighted by molar-refractivity contribution is 0.0962. The third-order valence-electron chi connectivity index (χ3n) is 5.45. The average Bonchev–Trinajstić information content (AvgIpc) is 3.10. The first-order chi connectivity index (χ1) is 14.0. The highest BCUT2D eigenvalue weighted by Crippen LogP contribution is 2.26. The Balaban J connectivity index is 1.73. The number of fused-ring (bicyclic) bond motifs is 2. The number of para-hydroxylation sites is 1. The molecular formula is C22H25N5O2. The second kappa shape index (κ2) is 7.67. The molecule has 150 valence electrons. The van der Waals surface area contributed by atoms with E-state index < -0.39 is 0 Å². The quantitative estimate of drug-likeness (QED) is 0.742. The fourth-order valence-corrected chi connectivity index (χ4v) is 4.03. The van der Waals surface area contributed by atoms with Crippen LogP contribution in [0.25, 0.3) is 10.9 Å². The lowest BCUT2D eigenvalue weighted by Crippen LogP contribution is -2.42. The molecular weight excluding hydrogens is 366 g/mol. The van der Waals surface area contributed by atoms with Crippen LogP contribution in [0.3, 0.4) is 0 Å². The third-order valence-corrected chi connectivity index (χ3v) is 5.45. The zero-order valence-corrected chi connectivity index (χ0v) is 16.8. The topological polar surface area (TPSA) is 84.5 Å². The molecule has 0 radical (unpaired) electrons. The van der Waals surface area contributed by atoms with Crippen LogP contribution in [0, 0.1) is 0 Å². The number of hydrogen-bond donors (Lipinski definition) is 1. The standard InChI is InChI=1S/C22H25N5O2/c1-25(2)22(29)26-10-8-17-16(13-26)11-24-12-19(17)21(28)27-14-15(7-9-23)18-5-3-4-6-20(18)27/h3-6,11-12,14H,7-10,13,23H2,1-2H3. The molecule has 3 aromatic rings. The minimum atomic E-state index is -0.0961. The van der Waals surface area contributed by atoms with Gasteiger partial charge in [-0.25, -0.2) is 4.79 Å². The van der Waals surface area contributed by atoms with Crippen LogP contribution in [0.5, 0.6) is 0 Å². The van der Waals surface area contributed by atoms with E-state index in [1.54, 1.807) is 40.9 Å². The Morgan fingerprint density at radius 2 is 2.00 bits per heavy atom. The third kappa shape index (κ3) is 3.38. The van der Waals surface area contributed by atoms with Crippen molar-refractivity contribution in [3.05, 3.63) is 65.1 Å². The molecule has 0 spiro atoms. The summed E-state index contributed by atoms with van der Waals surface area (Å²) in [5, 5.41) is 1.05. The van der Waals surface area contributed by atoms with Crippen molar-refractivity contribution in [2.24, 2.45) is 5.73 Å². The van der Waals surface area contributed by atoms with Crippen molar-refractivity contribution >= 4 is 22.8 Å². The maximum atomic E-state index is 13.5. The molecule has 0 saturated carbocycles. The summed E-state index contributed by atoms with van der Waals surface area (Å²) >= 11 is 0.